The van der Waals surface area contributed by atoms with E-state index in [1.807, 2.05) is 13.0 Å². The highest BCUT2D eigenvalue weighted by Crippen LogP contribution is 2.23. The minimum Gasteiger partial charge on any atom is -0.381 e. The number of anilines is 1. The fourth-order valence-corrected chi connectivity index (χ4v) is 2.43. The lowest BCUT2D eigenvalue weighted by Crippen LogP contribution is -2.39. The van der Waals surface area contributed by atoms with Gasteiger partial charge in [0.05, 0.1) is 4.92 Å². The second-order valence-electron chi connectivity index (χ2n) is 5.00. The number of hydrogen-bond acceptors (Lipinski definition) is 4. The first-order valence-corrected chi connectivity index (χ1v) is 6.26. The summed E-state index contributed by atoms with van der Waals surface area (Å²) in [6.45, 7) is 4.08. The molecule has 0 aromatic heterocycles. The van der Waals surface area contributed by atoms with Crippen LogP contribution in [-0.4, -0.2) is 36.0 Å². The molecule has 1 fully saturated rings. The molecule has 5 nitrogen and oxygen atoms in total. The van der Waals surface area contributed by atoms with E-state index in [9.17, 15) is 10.1 Å². The van der Waals surface area contributed by atoms with Crippen molar-refractivity contribution in [1.29, 1.82) is 0 Å². The molecule has 1 heterocycles. The molecular formula is C13H19N3O2. The van der Waals surface area contributed by atoms with E-state index in [0.29, 0.717) is 6.04 Å². The van der Waals surface area contributed by atoms with E-state index < -0.39 is 0 Å². The average Bonchev–Trinajstić information content (AvgIpc) is 2.31. The third-order valence-corrected chi connectivity index (χ3v) is 3.40. The number of aryl methyl sites for hydroxylation is 1. The van der Waals surface area contributed by atoms with Crippen molar-refractivity contribution >= 4 is 11.4 Å². The number of piperidine rings is 1. The van der Waals surface area contributed by atoms with Gasteiger partial charge in [-0.1, -0.05) is 0 Å². The fourth-order valence-electron chi connectivity index (χ4n) is 2.43. The molecule has 1 aliphatic heterocycles. The summed E-state index contributed by atoms with van der Waals surface area (Å²) in [4.78, 5) is 12.6. The van der Waals surface area contributed by atoms with Crippen LogP contribution in [0.4, 0.5) is 11.4 Å². The maximum atomic E-state index is 10.7. The van der Waals surface area contributed by atoms with Crippen LogP contribution in [-0.2, 0) is 0 Å². The molecule has 2 rings (SSSR count). The standard InChI is InChI=1S/C13H19N3O2/c1-10-8-12(16(17)18)5-6-13(10)14-11-4-3-7-15(2)9-11/h5-6,8,11,14H,3-4,7,9H2,1-2H3. The van der Waals surface area contributed by atoms with Crippen molar-refractivity contribution in [3.8, 4) is 0 Å². The van der Waals surface area contributed by atoms with Crippen LogP contribution in [0.15, 0.2) is 18.2 Å². The molecule has 1 saturated heterocycles. The number of nitro benzene ring substituents is 1. The van der Waals surface area contributed by atoms with Crippen LogP contribution in [0.3, 0.4) is 0 Å². The van der Waals surface area contributed by atoms with Crippen LogP contribution in [0.5, 0.6) is 0 Å². The Labute approximate surface area is 107 Å². The topological polar surface area (TPSA) is 58.4 Å². The SMILES string of the molecule is Cc1cc([N+](=O)[O-])ccc1NC1CCCN(C)C1. The van der Waals surface area contributed by atoms with Gasteiger partial charge in [0.25, 0.3) is 5.69 Å². The van der Waals surface area contributed by atoms with E-state index in [0.717, 1.165) is 30.8 Å². The zero-order chi connectivity index (χ0) is 13.1. The Morgan fingerprint density at radius 3 is 2.89 bits per heavy atom. The van der Waals surface area contributed by atoms with Crippen molar-refractivity contribution in [1.82, 2.24) is 4.90 Å². The van der Waals surface area contributed by atoms with Gasteiger partial charge >= 0.3 is 0 Å². The summed E-state index contributed by atoms with van der Waals surface area (Å²) in [6, 6.07) is 5.42. The lowest BCUT2D eigenvalue weighted by molar-refractivity contribution is -0.384. The first kappa shape index (κ1) is 12.8. The largest absolute Gasteiger partial charge is 0.381 e. The number of nitro groups is 1. The molecule has 18 heavy (non-hydrogen) atoms. The van der Waals surface area contributed by atoms with Gasteiger partial charge in [0.2, 0.25) is 0 Å². The first-order valence-electron chi connectivity index (χ1n) is 6.26. The molecular weight excluding hydrogens is 230 g/mol. The van der Waals surface area contributed by atoms with Crippen molar-refractivity contribution in [3.63, 3.8) is 0 Å². The van der Waals surface area contributed by atoms with Crippen LogP contribution in [0, 0.1) is 17.0 Å². The molecule has 98 valence electrons. The van der Waals surface area contributed by atoms with Crippen LogP contribution >= 0.6 is 0 Å². The van der Waals surface area contributed by atoms with Gasteiger partial charge < -0.3 is 10.2 Å². The van der Waals surface area contributed by atoms with Crippen molar-refractivity contribution in [3.05, 3.63) is 33.9 Å². The molecule has 0 amide bonds. The summed E-state index contributed by atoms with van der Waals surface area (Å²) >= 11 is 0. The minimum absolute atomic E-state index is 0.152. The molecule has 1 unspecified atom stereocenters. The van der Waals surface area contributed by atoms with Gasteiger partial charge in [0.1, 0.15) is 0 Å². The molecule has 1 aliphatic rings. The maximum absolute atomic E-state index is 10.7. The van der Waals surface area contributed by atoms with E-state index >= 15 is 0 Å². The van der Waals surface area contributed by atoms with E-state index in [1.165, 1.54) is 6.42 Å². The smallest absolute Gasteiger partial charge is 0.269 e. The number of nitrogens with one attached hydrogen (secondary N) is 1. The lowest BCUT2D eigenvalue weighted by Gasteiger charge is -2.31. The van der Waals surface area contributed by atoms with E-state index in [4.69, 9.17) is 0 Å². The average molecular weight is 249 g/mol. The molecule has 0 bridgehead atoms. The predicted octanol–water partition coefficient (Wildman–Crippen LogP) is 2.41. The normalized spacial score (nSPS) is 20.7. The summed E-state index contributed by atoms with van der Waals surface area (Å²) < 4.78 is 0. The second-order valence-corrected chi connectivity index (χ2v) is 5.00. The Morgan fingerprint density at radius 2 is 2.28 bits per heavy atom. The molecule has 1 atom stereocenters. The van der Waals surface area contributed by atoms with Gasteiger partial charge in [-0.25, -0.2) is 0 Å². The van der Waals surface area contributed by atoms with Gasteiger partial charge in [-0.15, -0.1) is 0 Å². The van der Waals surface area contributed by atoms with Crippen LogP contribution < -0.4 is 5.32 Å². The molecule has 1 aromatic rings. The van der Waals surface area contributed by atoms with Crippen LogP contribution in [0.1, 0.15) is 18.4 Å². The van der Waals surface area contributed by atoms with E-state index in [2.05, 4.69) is 17.3 Å². The second kappa shape index (κ2) is 5.35. The number of nitrogens with zero attached hydrogens (tertiary/aromatic N) is 2. The summed E-state index contributed by atoms with van der Waals surface area (Å²) in [7, 11) is 2.12. The van der Waals surface area contributed by atoms with Gasteiger partial charge in [0, 0.05) is 30.4 Å². The van der Waals surface area contributed by atoms with Crippen LogP contribution in [0.2, 0.25) is 0 Å². The van der Waals surface area contributed by atoms with E-state index in [-0.39, 0.29) is 10.6 Å². The molecule has 0 aliphatic carbocycles. The molecule has 5 heteroatoms. The highest BCUT2D eigenvalue weighted by molar-refractivity contribution is 5.56. The lowest BCUT2D eigenvalue weighted by atomic mass is 10.0. The Balaban J connectivity index is 2.07. The Hall–Kier alpha value is -1.62. The molecule has 0 spiro atoms. The highest BCUT2D eigenvalue weighted by atomic mass is 16.6. The maximum Gasteiger partial charge on any atom is 0.269 e. The number of benzene rings is 1. The Bertz CT molecular complexity index is 448. The van der Waals surface area contributed by atoms with E-state index in [1.54, 1.807) is 12.1 Å². The number of rotatable bonds is 3. The third-order valence-electron chi connectivity index (χ3n) is 3.40. The summed E-state index contributed by atoms with van der Waals surface area (Å²) in [6.07, 6.45) is 2.35. The molecule has 0 radical (unpaired) electrons. The number of likely N-dealkylation sites (tertiary alicyclic amines) is 1. The number of hydrogen-bond donors (Lipinski definition) is 1. The van der Waals surface area contributed by atoms with Crippen molar-refractivity contribution in [2.75, 3.05) is 25.5 Å². The van der Waals surface area contributed by atoms with Crippen molar-refractivity contribution in [2.24, 2.45) is 0 Å². The molecule has 1 aromatic carbocycles. The molecule has 0 saturated carbocycles. The zero-order valence-electron chi connectivity index (χ0n) is 10.8. The summed E-state index contributed by atoms with van der Waals surface area (Å²) in [5, 5.41) is 14.2. The minimum atomic E-state index is -0.356. The summed E-state index contributed by atoms with van der Waals surface area (Å²) in [5.41, 5.74) is 2.08. The Kier molecular flexibility index (Phi) is 3.81. The van der Waals surface area contributed by atoms with Crippen molar-refractivity contribution < 1.29 is 4.92 Å². The van der Waals surface area contributed by atoms with Gasteiger partial charge in [-0.3, -0.25) is 10.1 Å². The fraction of sp³-hybridized carbons (Fsp3) is 0.538. The first-order chi connectivity index (χ1) is 8.56. The third kappa shape index (κ3) is 2.98. The quantitative estimate of drug-likeness (QED) is 0.660. The zero-order valence-corrected chi connectivity index (χ0v) is 10.8. The van der Waals surface area contributed by atoms with Crippen molar-refractivity contribution in [2.45, 2.75) is 25.8 Å². The van der Waals surface area contributed by atoms with Crippen LogP contribution in [0.25, 0.3) is 0 Å². The number of non-ortho nitro benzene ring substituents is 1. The Morgan fingerprint density at radius 1 is 1.50 bits per heavy atom. The van der Waals surface area contributed by atoms with Gasteiger partial charge in [0.15, 0.2) is 0 Å². The van der Waals surface area contributed by atoms with Gasteiger partial charge in [-0.05, 0) is 45.0 Å². The predicted molar refractivity (Wildman–Crippen MR) is 72.0 cm³/mol. The molecule has 1 N–H and O–H groups in total. The number of likely N-dealkylation sites (N-methyl/N-ethyl adjacent to an activating group) is 1. The monoisotopic (exact) mass is 249 g/mol. The summed E-state index contributed by atoms with van der Waals surface area (Å²) in [5.74, 6) is 0. The highest BCUT2D eigenvalue weighted by Gasteiger charge is 2.18. The van der Waals surface area contributed by atoms with Gasteiger partial charge in [-0.2, -0.15) is 0 Å².